The summed E-state index contributed by atoms with van der Waals surface area (Å²) in [4.78, 5) is 0. The fraction of sp³-hybridized carbons (Fsp3) is 0.429. The van der Waals surface area contributed by atoms with Crippen molar-refractivity contribution in [3.05, 3.63) is 28.8 Å². The van der Waals surface area contributed by atoms with Gasteiger partial charge in [-0.25, -0.2) is 0 Å². The Balaban J connectivity index is 1.85. The molecular formula is C14H17N3OS. The highest BCUT2D eigenvalue weighted by atomic mass is 32.2. The molecule has 0 aromatic heterocycles. The van der Waals surface area contributed by atoms with Gasteiger partial charge in [-0.2, -0.15) is 10.4 Å². The van der Waals surface area contributed by atoms with Gasteiger partial charge >= 0.3 is 0 Å². The van der Waals surface area contributed by atoms with Gasteiger partial charge in [-0.1, -0.05) is 11.8 Å². The van der Waals surface area contributed by atoms with Gasteiger partial charge in [-0.3, -0.25) is 5.01 Å². The van der Waals surface area contributed by atoms with Gasteiger partial charge in [0.1, 0.15) is 5.75 Å². The summed E-state index contributed by atoms with van der Waals surface area (Å²) < 4.78 is 5.83. The maximum Gasteiger partial charge on any atom is 0.125 e. The first-order valence-corrected chi connectivity index (χ1v) is 7.28. The first-order chi connectivity index (χ1) is 9.20. The molecule has 0 spiro atoms. The molecule has 2 rings (SSSR count). The summed E-state index contributed by atoms with van der Waals surface area (Å²) in [5.74, 6) is 1.84. The van der Waals surface area contributed by atoms with Gasteiger partial charge in [0, 0.05) is 13.0 Å². The van der Waals surface area contributed by atoms with Crippen LogP contribution in [0.2, 0.25) is 0 Å². The van der Waals surface area contributed by atoms with Crippen LogP contribution in [0.3, 0.4) is 0 Å². The zero-order valence-electron chi connectivity index (χ0n) is 11.2. The van der Waals surface area contributed by atoms with Gasteiger partial charge in [-0.15, -0.1) is 0 Å². The van der Waals surface area contributed by atoms with Gasteiger partial charge in [0.25, 0.3) is 0 Å². The summed E-state index contributed by atoms with van der Waals surface area (Å²) in [5, 5.41) is 15.2. The van der Waals surface area contributed by atoms with Gasteiger partial charge in [-0.05, 0) is 37.1 Å². The second-order valence-corrected chi connectivity index (χ2v) is 5.30. The van der Waals surface area contributed by atoms with E-state index in [9.17, 15) is 0 Å². The predicted molar refractivity (Wildman–Crippen MR) is 78.4 cm³/mol. The third-order valence-corrected chi connectivity index (χ3v) is 3.60. The molecule has 100 valence electrons. The van der Waals surface area contributed by atoms with Crippen LogP contribution in [-0.2, 0) is 0 Å². The highest BCUT2D eigenvalue weighted by Gasteiger charge is 2.08. The van der Waals surface area contributed by atoms with Gasteiger partial charge in [0.05, 0.1) is 29.7 Å². The van der Waals surface area contributed by atoms with Gasteiger partial charge in [0.15, 0.2) is 0 Å². The fourth-order valence-corrected chi connectivity index (χ4v) is 2.67. The zero-order valence-corrected chi connectivity index (χ0v) is 12.0. The van der Waals surface area contributed by atoms with E-state index in [0.29, 0.717) is 12.2 Å². The van der Waals surface area contributed by atoms with Crippen molar-refractivity contribution in [3.63, 3.8) is 0 Å². The second-order valence-electron chi connectivity index (χ2n) is 4.50. The lowest BCUT2D eigenvalue weighted by Crippen LogP contribution is -2.17. The van der Waals surface area contributed by atoms with Crippen LogP contribution < -0.4 is 4.74 Å². The van der Waals surface area contributed by atoms with Crippen LogP contribution >= 0.6 is 11.8 Å². The highest BCUT2D eigenvalue weighted by Crippen LogP contribution is 2.24. The molecule has 0 radical (unpaired) electrons. The Hall–Kier alpha value is -1.67. The number of thioether (sulfide) groups is 1. The molecule has 0 fully saturated rings. The van der Waals surface area contributed by atoms with Crippen LogP contribution in [0.5, 0.6) is 5.75 Å². The second kappa shape index (κ2) is 6.48. The van der Waals surface area contributed by atoms with Crippen LogP contribution in [0, 0.1) is 25.2 Å². The average molecular weight is 275 g/mol. The smallest absolute Gasteiger partial charge is 0.125 e. The van der Waals surface area contributed by atoms with Crippen LogP contribution in [-0.4, -0.2) is 29.6 Å². The Labute approximate surface area is 118 Å². The van der Waals surface area contributed by atoms with Crippen molar-refractivity contribution in [1.29, 1.82) is 5.26 Å². The normalized spacial score (nSPS) is 13.6. The summed E-state index contributed by atoms with van der Waals surface area (Å²) in [6.45, 7) is 5.54. The van der Waals surface area contributed by atoms with Crippen LogP contribution in [0.4, 0.5) is 0 Å². The van der Waals surface area contributed by atoms with Crippen molar-refractivity contribution < 1.29 is 4.74 Å². The Morgan fingerprint density at radius 1 is 1.42 bits per heavy atom. The Bertz CT molecular complexity index is 499. The standard InChI is InChI=1S/C14H17N3OS/c1-11-6-13(8-15)7-12(2)14(11)18-5-3-4-17-10-19-9-16-17/h6-7,9H,3-5,10H2,1-2H3. The molecule has 0 saturated heterocycles. The van der Waals surface area contributed by atoms with E-state index in [4.69, 9.17) is 10.00 Å². The maximum atomic E-state index is 8.90. The molecule has 0 saturated carbocycles. The SMILES string of the molecule is Cc1cc(C#N)cc(C)c1OCCCN1CSC=N1. The van der Waals surface area contributed by atoms with Crippen LogP contribution in [0.25, 0.3) is 0 Å². The summed E-state index contributed by atoms with van der Waals surface area (Å²) in [6, 6.07) is 5.89. The number of benzene rings is 1. The summed E-state index contributed by atoms with van der Waals surface area (Å²) in [6.07, 6.45) is 0.941. The van der Waals surface area contributed by atoms with Gasteiger partial charge < -0.3 is 4.74 Å². The van der Waals surface area contributed by atoms with Crippen molar-refractivity contribution in [2.75, 3.05) is 19.0 Å². The first kappa shape index (κ1) is 13.8. The fourth-order valence-electron chi connectivity index (χ4n) is 2.04. The zero-order chi connectivity index (χ0) is 13.7. The maximum absolute atomic E-state index is 8.90. The third kappa shape index (κ3) is 3.65. The van der Waals surface area contributed by atoms with E-state index in [-0.39, 0.29) is 0 Å². The van der Waals surface area contributed by atoms with E-state index in [0.717, 1.165) is 35.7 Å². The predicted octanol–water partition coefficient (Wildman–Crippen LogP) is 2.89. The lowest BCUT2D eigenvalue weighted by atomic mass is 10.1. The number of hydrogen-bond acceptors (Lipinski definition) is 5. The molecule has 5 heteroatoms. The Morgan fingerprint density at radius 2 is 2.16 bits per heavy atom. The molecule has 19 heavy (non-hydrogen) atoms. The minimum Gasteiger partial charge on any atom is -0.493 e. The lowest BCUT2D eigenvalue weighted by molar-refractivity contribution is 0.264. The van der Waals surface area contributed by atoms with Crippen molar-refractivity contribution in [2.45, 2.75) is 20.3 Å². The first-order valence-electron chi connectivity index (χ1n) is 6.24. The summed E-state index contributed by atoms with van der Waals surface area (Å²) in [7, 11) is 0. The Morgan fingerprint density at radius 3 is 2.74 bits per heavy atom. The number of ether oxygens (including phenoxy) is 1. The van der Waals surface area contributed by atoms with E-state index in [1.807, 2.05) is 36.5 Å². The monoisotopic (exact) mass is 275 g/mol. The number of hydrogen-bond donors (Lipinski definition) is 0. The van der Waals surface area contributed by atoms with E-state index >= 15 is 0 Å². The molecule has 0 atom stereocenters. The minimum atomic E-state index is 0.671. The molecule has 1 aliphatic rings. The van der Waals surface area contributed by atoms with Crippen molar-refractivity contribution in [3.8, 4) is 11.8 Å². The van der Waals surface area contributed by atoms with Crippen LogP contribution in [0.15, 0.2) is 17.2 Å². The van der Waals surface area contributed by atoms with E-state index in [1.165, 1.54) is 0 Å². The third-order valence-electron chi connectivity index (χ3n) is 2.90. The molecule has 1 aromatic carbocycles. The molecule has 1 heterocycles. The molecule has 4 nitrogen and oxygen atoms in total. The molecule has 0 bridgehead atoms. The molecule has 1 aliphatic heterocycles. The number of rotatable bonds is 5. The summed E-state index contributed by atoms with van der Waals surface area (Å²) >= 11 is 1.71. The van der Waals surface area contributed by atoms with E-state index < -0.39 is 0 Å². The Kier molecular flexibility index (Phi) is 4.69. The molecule has 0 unspecified atom stereocenters. The molecule has 0 aliphatic carbocycles. The number of nitrogens with zero attached hydrogens (tertiary/aromatic N) is 3. The molecule has 0 N–H and O–H groups in total. The summed E-state index contributed by atoms with van der Waals surface area (Å²) in [5.41, 5.74) is 4.60. The average Bonchev–Trinajstić information content (AvgIpc) is 2.89. The quantitative estimate of drug-likeness (QED) is 0.775. The van der Waals surface area contributed by atoms with Crippen molar-refractivity contribution in [1.82, 2.24) is 5.01 Å². The lowest BCUT2D eigenvalue weighted by Gasteiger charge is -2.15. The number of hydrazone groups is 1. The number of aryl methyl sites for hydroxylation is 2. The number of nitriles is 1. The van der Waals surface area contributed by atoms with Gasteiger partial charge in [0.2, 0.25) is 0 Å². The van der Waals surface area contributed by atoms with Crippen molar-refractivity contribution >= 4 is 17.3 Å². The largest absolute Gasteiger partial charge is 0.493 e. The van der Waals surface area contributed by atoms with E-state index in [1.54, 1.807) is 11.8 Å². The van der Waals surface area contributed by atoms with Crippen LogP contribution in [0.1, 0.15) is 23.1 Å². The highest BCUT2D eigenvalue weighted by molar-refractivity contribution is 8.12. The minimum absolute atomic E-state index is 0.671. The van der Waals surface area contributed by atoms with E-state index in [2.05, 4.69) is 11.2 Å². The topological polar surface area (TPSA) is 48.6 Å². The molecule has 0 amide bonds. The van der Waals surface area contributed by atoms with Crippen molar-refractivity contribution in [2.24, 2.45) is 5.10 Å². The molecule has 1 aromatic rings. The molecular weight excluding hydrogens is 258 g/mol.